The van der Waals surface area contributed by atoms with Crippen LogP contribution in [0.1, 0.15) is 37.0 Å². The minimum Gasteiger partial charge on any atom is -0.495 e. The van der Waals surface area contributed by atoms with Gasteiger partial charge in [0.2, 0.25) is 0 Å². The molecule has 2 aromatic carbocycles. The van der Waals surface area contributed by atoms with Gasteiger partial charge in [0.05, 0.1) is 35.3 Å². The number of carbonyl (C=O) groups is 1. The molecule has 4 aromatic rings. The predicted octanol–water partition coefficient (Wildman–Crippen LogP) is 5.38. The van der Waals surface area contributed by atoms with Crippen LogP contribution in [0.5, 0.6) is 5.75 Å². The lowest BCUT2D eigenvalue weighted by Gasteiger charge is -2.20. The van der Waals surface area contributed by atoms with E-state index in [-0.39, 0.29) is 11.4 Å². The highest BCUT2D eigenvalue weighted by atomic mass is 35.5. The fraction of sp³-hybridized carbons (Fsp3) is 0.250. The van der Waals surface area contributed by atoms with E-state index in [2.05, 4.69) is 36.1 Å². The molecule has 1 amide bonds. The third-order valence-electron chi connectivity index (χ3n) is 5.16. The topological polar surface area (TPSA) is 71.9 Å². The standard InChI is InChI=1S/C24H25ClN4O2/c1-24(2,3)29-10-9-17(14-29)23(30)26-13-22-27-19-7-5-16(12-20(19)28-22)15-6-8-21(31-4)18(25)11-15/h5-12,14H,13H2,1-4H3,(H,26,30)(H,27,28). The molecule has 0 bridgehead atoms. The maximum Gasteiger partial charge on any atom is 0.253 e. The van der Waals surface area contributed by atoms with E-state index < -0.39 is 0 Å². The van der Waals surface area contributed by atoms with Crippen LogP contribution in [0.2, 0.25) is 5.02 Å². The Morgan fingerprint density at radius 1 is 1.16 bits per heavy atom. The van der Waals surface area contributed by atoms with Crippen molar-refractivity contribution in [1.29, 1.82) is 0 Å². The van der Waals surface area contributed by atoms with Crippen molar-refractivity contribution in [3.8, 4) is 16.9 Å². The van der Waals surface area contributed by atoms with Gasteiger partial charge in [-0.3, -0.25) is 4.79 Å². The summed E-state index contributed by atoms with van der Waals surface area (Å²) in [5.74, 6) is 1.21. The molecule has 0 radical (unpaired) electrons. The Balaban J connectivity index is 1.49. The van der Waals surface area contributed by atoms with E-state index >= 15 is 0 Å². The van der Waals surface area contributed by atoms with Crippen molar-refractivity contribution in [3.63, 3.8) is 0 Å². The minimum absolute atomic E-state index is 0.0664. The van der Waals surface area contributed by atoms with Gasteiger partial charge in [0.15, 0.2) is 0 Å². The number of benzene rings is 2. The van der Waals surface area contributed by atoms with Gasteiger partial charge < -0.3 is 19.6 Å². The number of H-pyrrole nitrogens is 1. The maximum absolute atomic E-state index is 12.5. The van der Waals surface area contributed by atoms with Crippen LogP contribution in [0.25, 0.3) is 22.2 Å². The fourth-order valence-corrected chi connectivity index (χ4v) is 3.64. The number of carbonyl (C=O) groups excluding carboxylic acids is 1. The van der Waals surface area contributed by atoms with E-state index in [1.165, 1.54) is 0 Å². The quantitative estimate of drug-likeness (QED) is 0.441. The highest BCUT2D eigenvalue weighted by Gasteiger charge is 2.15. The zero-order valence-electron chi connectivity index (χ0n) is 18.0. The van der Waals surface area contributed by atoms with Crippen molar-refractivity contribution in [2.24, 2.45) is 0 Å². The lowest BCUT2D eigenvalue weighted by Crippen LogP contribution is -2.24. The number of rotatable bonds is 5. The summed E-state index contributed by atoms with van der Waals surface area (Å²) in [4.78, 5) is 20.4. The van der Waals surface area contributed by atoms with Crippen molar-refractivity contribution >= 4 is 28.5 Å². The highest BCUT2D eigenvalue weighted by molar-refractivity contribution is 6.32. The second-order valence-corrected chi connectivity index (χ2v) is 8.83. The Hall–Kier alpha value is -3.25. The SMILES string of the molecule is COc1ccc(-c2ccc3nc(CNC(=O)c4ccn(C(C)(C)C)c4)[nH]c3c2)cc1Cl. The van der Waals surface area contributed by atoms with Crippen LogP contribution in [-0.2, 0) is 12.1 Å². The van der Waals surface area contributed by atoms with Gasteiger partial charge in [-0.2, -0.15) is 0 Å². The first-order valence-electron chi connectivity index (χ1n) is 10.0. The Morgan fingerprint density at radius 3 is 2.58 bits per heavy atom. The van der Waals surface area contributed by atoms with Crippen molar-refractivity contribution in [2.75, 3.05) is 7.11 Å². The van der Waals surface area contributed by atoms with Gasteiger partial charge >= 0.3 is 0 Å². The second-order valence-electron chi connectivity index (χ2n) is 8.43. The predicted molar refractivity (Wildman–Crippen MR) is 124 cm³/mol. The van der Waals surface area contributed by atoms with Gasteiger partial charge in [-0.15, -0.1) is 0 Å². The summed E-state index contributed by atoms with van der Waals surface area (Å²) in [6.45, 7) is 6.60. The highest BCUT2D eigenvalue weighted by Crippen LogP contribution is 2.31. The third-order valence-corrected chi connectivity index (χ3v) is 5.46. The number of aromatic amines is 1. The molecular formula is C24H25ClN4O2. The minimum atomic E-state index is -0.128. The molecular weight excluding hydrogens is 412 g/mol. The first-order valence-corrected chi connectivity index (χ1v) is 10.4. The first-order chi connectivity index (χ1) is 14.7. The number of nitrogens with zero attached hydrogens (tertiary/aromatic N) is 2. The zero-order valence-corrected chi connectivity index (χ0v) is 18.7. The van der Waals surface area contributed by atoms with E-state index in [0.29, 0.717) is 28.7 Å². The molecule has 160 valence electrons. The van der Waals surface area contributed by atoms with Crippen LogP contribution in [0.15, 0.2) is 54.9 Å². The van der Waals surface area contributed by atoms with Crippen molar-refractivity contribution in [2.45, 2.75) is 32.9 Å². The molecule has 2 aromatic heterocycles. The molecule has 0 aliphatic heterocycles. The monoisotopic (exact) mass is 436 g/mol. The molecule has 0 fully saturated rings. The number of amides is 1. The van der Waals surface area contributed by atoms with E-state index in [1.807, 2.05) is 59.4 Å². The average molecular weight is 437 g/mol. The van der Waals surface area contributed by atoms with Gasteiger partial charge in [0, 0.05) is 17.9 Å². The smallest absolute Gasteiger partial charge is 0.253 e. The Labute approximate surface area is 186 Å². The lowest BCUT2D eigenvalue weighted by molar-refractivity contribution is 0.0950. The lowest BCUT2D eigenvalue weighted by atomic mass is 10.1. The molecule has 4 rings (SSSR count). The summed E-state index contributed by atoms with van der Waals surface area (Å²) < 4.78 is 7.25. The Bertz CT molecular complexity index is 1250. The van der Waals surface area contributed by atoms with Crippen LogP contribution >= 0.6 is 11.6 Å². The van der Waals surface area contributed by atoms with Gasteiger partial charge in [0.1, 0.15) is 11.6 Å². The number of ether oxygens (including phenoxy) is 1. The molecule has 0 saturated heterocycles. The molecule has 0 atom stereocenters. The molecule has 6 nitrogen and oxygen atoms in total. The Morgan fingerprint density at radius 2 is 1.90 bits per heavy atom. The molecule has 0 saturated carbocycles. The van der Waals surface area contributed by atoms with Gasteiger partial charge in [-0.1, -0.05) is 23.7 Å². The first kappa shape index (κ1) is 21.0. The van der Waals surface area contributed by atoms with Crippen molar-refractivity contribution in [1.82, 2.24) is 19.9 Å². The number of aromatic nitrogens is 3. The normalized spacial score (nSPS) is 11.6. The molecule has 31 heavy (non-hydrogen) atoms. The average Bonchev–Trinajstić information content (AvgIpc) is 3.38. The molecule has 0 aliphatic carbocycles. The van der Waals surface area contributed by atoms with Gasteiger partial charge in [-0.25, -0.2) is 4.98 Å². The van der Waals surface area contributed by atoms with Crippen LogP contribution in [0.3, 0.4) is 0 Å². The fourth-order valence-electron chi connectivity index (χ4n) is 3.39. The van der Waals surface area contributed by atoms with Crippen LogP contribution in [0, 0.1) is 0 Å². The van der Waals surface area contributed by atoms with E-state index in [9.17, 15) is 4.79 Å². The van der Waals surface area contributed by atoms with Gasteiger partial charge in [-0.05, 0) is 62.2 Å². The molecule has 0 spiro atoms. The number of hydrogen-bond donors (Lipinski definition) is 2. The van der Waals surface area contributed by atoms with E-state index in [4.69, 9.17) is 16.3 Å². The molecule has 0 aliphatic rings. The van der Waals surface area contributed by atoms with Crippen LogP contribution in [0.4, 0.5) is 0 Å². The number of imidazole rings is 1. The molecule has 2 heterocycles. The van der Waals surface area contributed by atoms with E-state index in [0.717, 1.165) is 22.2 Å². The number of methoxy groups -OCH3 is 1. The van der Waals surface area contributed by atoms with Crippen LogP contribution < -0.4 is 10.1 Å². The number of fused-ring (bicyclic) bond motifs is 1. The molecule has 7 heteroatoms. The van der Waals surface area contributed by atoms with Crippen molar-refractivity contribution < 1.29 is 9.53 Å². The third kappa shape index (κ3) is 4.44. The summed E-state index contributed by atoms with van der Waals surface area (Å²) >= 11 is 6.26. The zero-order chi connectivity index (χ0) is 22.2. The Kier molecular flexibility index (Phi) is 5.50. The van der Waals surface area contributed by atoms with E-state index in [1.54, 1.807) is 7.11 Å². The summed E-state index contributed by atoms with van der Waals surface area (Å²) in [6, 6.07) is 13.5. The number of halogens is 1. The number of hydrogen-bond acceptors (Lipinski definition) is 3. The largest absolute Gasteiger partial charge is 0.495 e. The number of nitrogens with one attached hydrogen (secondary N) is 2. The van der Waals surface area contributed by atoms with Crippen molar-refractivity contribution in [3.05, 3.63) is 71.3 Å². The molecule has 2 N–H and O–H groups in total. The summed E-state index contributed by atoms with van der Waals surface area (Å²) in [7, 11) is 1.60. The molecule has 0 unspecified atom stereocenters. The van der Waals surface area contributed by atoms with Crippen LogP contribution in [-0.4, -0.2) is 27.6 Å². The van der Waals surface area contributed by atoms with Gasteiger partial charge in [0.25, 0.3) is 5.91 Å². The second kappa shape index (κ2) is 8.12. The summed E-state index contributed by atoms with van der Waals surface area (Å²) in [6.07, 6.45) is 3.78. The summed E-state index contributed by atoms with van der Waals surface area (Å²) in [5.41, 5.74) is 4.30. The summed E-state index contributed by atoms with van der Waals surface area (Å²) in [5, 5.41) is 3.49. The maximum atomic E-state index is 12.5.